The van der Waals surface area contributed by atoms with E-state index < -0.39 is 0 Å². The molecule has 2 aromatic rings. The van der Waals surface area contributed by atoms with Gasteiger partial charge in [0.1, 0.15) is 6.04 Å². The first-order valence-corrected chi connectivity index (χ1v) is 11.2. The van der Waals surface area contributed by atoms with E-state index in [-0.39, 0.29) is 11.9 Å². The number of nitrogens with zero attached hydrogens (tertiary/aromatic N) is 2. The number of thiophene rings is 1. The molecule has 6 heteroatoms. The second-order valence-corrected chi connectivity index (χ2v) is 9.42. The average molecular weight is 397 g/mol. The summed E-state index contributed by atoms with van der Waals surface area (Å²) in [4.78, 5) is 20.1. The van der Waals surface area contributed by atoms with Gasteiger partial charge in [-0.1, -0.05) is 30.3 Å². The lowest BCUT2D eigenvalue weighted by molar-refractivity contribution is -0.135. The minimum Gasteiger partial charge on any atom is -0.339 e. The Morgan fingerprint density at radius 3 is 2.54 bits per heavy atom. The zero-order valence-corrected chi connectivity index (χ0v) is 17.0. The van der Waals surface area contributed by atoms with Gasteiger partial charge in [-0.15, -0.1) is 11.3 Å². The minimum absolute atomic E-state index is 0.0390. The van der Waals surface area contributed by atoms with Gasteiger partial charge in [-0.25, -0.2) is 5.43 Å². The highest BCUT2D eigenvalue weighted by Crippen LogP contribution is 2.36. The van der Waals surface area contributed by atoms with Crippen LogP contribution in [-0.4, -0.2) is 54.0 Å². The van der Waals surface area contributed by atoms with E-state index in [1.165, 1.54) is 28.2 Å². The number of carbonyl (C=O) groups excluding carboxylic acids is 1. The van der Waals surface area contributed by atoms with E-state index in [0.717, 1.165) is 45.1 Å². The average Bonchev–Trinajstić information content (AvgIpc) is 3.28. The van der Waals surface area contributed by atoms with E-state index >= 15 is 0 Å². The lowest BCUT2D eigenvalue weighted by atomic mass is 10.1. The summed E-state index contributed by atoms with van der Waals surface area (Å²) in [5, 5.41) is 0. The van der Waals surface area contributed by atoms with Gasteiger partial charge in [0.2, 0.25) is 5.91 Å². The third-order valence-electron chi connectivity index (χ3n) is 6.21. The van der Waals surface area contributed by atoms with Gasteiger partial charge >= 0.3 is 0 Å². The summed E-state index contributed by atoms with van der Waals surface area (Å²) >= 11 is 1.88. The molecule has 2 N–H and O–H groups in total. The fraction of sp³-hybridized carbons (Fsp3) is 0.500. The first kappa shape index (κ1) is 18.3. The predicted molar refractivity (Wildman–Crippen MR) is 113 cm³/mol. The number of nitrogens with one attached hydrogen (secondary N) is 2. The molecule has 1 saturated carbocycles. The Bertz CT molecular complexity index is 811. The molecule has 5 rings (SSSR count). The van der Waals surface area contributed by atoms with E-state index in [0.29, 0.717) is 6.04 Å². The summed E-state index contributed by atoms with van der Waals surface area (Å²) in [5.74, 6) is 1.06. The maximum absolute atomic E-state index is 12.8. The smallest absolute Gasteiger partial charge is 0.241 e. The zero-order chi connectivity index (χ0) is 18.9. The van der Waals surface area contributed by atoms with E-state index in [1.54, 1.807) is 0 Å². The Morgan fingerprint density at radius 2 is 1.79 bits per heavy atom. The van der Waals surface area contributed by atoms with Crippen LogP contribution in [0.4, 0.5) is 0 Å². The number of benzene rings is 1. The molecule has 0 radical (unpaired) electrons. The fourth-order valence-electron chi connectivity index (χ4n) is 4.34. The summed E-state index contributed by atoms with van der Waals surface area (Å²) in [6.45, 7) is 4.56. The Labute approximate surface area is 170 Å². The molecule has 2 atom stereocenters. The van der Waals surface area contributed by atoms with Crippen LogP contribution in [0.25, 0.3) is 10.4 Å². The van der Waals surface area contributed by atoms with Crippen LogP contribution in [0.2, 0.25) is 0 Å². The SMILES string of the molecule is O=C(C1CC(C2CC2)NN1)N1CCN(Cc2ccc(-c3ccccc3)s2)CC1. The molecule has 0 spiro atoms. The van der Waals surface area contributed by atoms with Crippen molar-refractivity contribution in [3.05, 3.63) is 47.3 Å². The second-order valence-electron chi connectivity index (χ2n) is 8.25. The number of piperazine rings is 1. The van der Waals surface area contributed by atoms with Crippen molar-refractivity contribution in [2.24, 2.45) is 5.92 Å². The predicted octanol–water partition coefficient (Wildman–Crippen LogP) is 2.70. The summed E-state index contributed by atoms with van der Waals surface area (Å²) in [5.41, 5.74) is 7.87. The summed E-state index contributed by atoms with van der Waals surface area (Å²) in [7, 11) is 0. The quantitative estimate of drug-likeness (QED) is 0.816. The van der Waals surface area contributed by atoms with Crippen molar-refractivity contribution in [3.63, 3.8) is 0 Å². The maximum atomic E-state index is 12.8. The third kappa shape index (κ3) is 4.01. The van der Waals surface area contributed by atoms with Gasteiger partial charge < -0.3 is 4.90 Å². The Balaban J connectivity index is 1.11. The highest BCUT2D eigenvalue weighted by atomic mass is 32.1. The fourth-order valence-corrected chi connectivity index (χ4v) is 5.39. The van der Waals surface area contributed by atoms with Crippen LogP contribution in [-0.2, 0) is 11.3 Å². The highest BCUT2D eigenvalue weighted by molar-refractivity contribution is 7.15. The summed E-state index contributed by atoms with van der Waals surface area (Å²) < 4.78 is 0. The molecule has 2 saturated heterocycles. The molecule has 2 aliphatic heterocycles. The summed E-state index contributed by atoms with van der Waals surface area (Å²) in [6, 6.07) is 15.5. The Morgan fingerprint density at radius 1 is 1.00 bits per heavy atom. The van der Waals surface area contributed by atoms with Crippen LogP contribution in [0.1, 0.15) is 24.1 Å². The van der Waals surface area contributed by atoms with E-state index in [1.807, 2.05) is 11.3 Å². The zero-order valence-electron chi connectivity index (χ0n) is 16.1. The normalized spacial score (nSPS) is 25.9. The molecule has 5 nitrogen and oxygen atoms in total. The molecule has 3 aliphatic rings. The molecular weight excluding hydrogens is 368 g/mol. The monoisotopic (exact) mass is 396 g/mol. The molecule has 2 unspecified atom stereocenters. The number of hydrogen-bond donors (Lipinski definition) is 2. The van der Waals surface area contributed by atoms with Gasteiger partial charge in [-0.3, -0.25) is 15.1 Å². The van der Waals surface area contributed by atoms with Gasteiger partial charge in [-0.05, 0) is 42.9 Å². The number of hydrazine groups is 1. The largest absolute Gasteiger partial charge is 0.339 e. The van der Waals surface area contributed by atoms with E-state index in [9.17, 15) is 4.79 Å². The maximum Gasteiger partial charge on any atom is 0.241 e. The van der Waals surface area contributed by atoms with Gasteiger partial charge in [0.15, 0.2) is 0 Å². The first-order chi connectivity index (χ1) is 13.8. The minimum atomic E-state index is -0.0390. The number of rotatable bonds is 5. The molecule has 1 aromatic carbocycles. The standard InChI is InChI=1S/C22H28N4OS/c27-22(20-14-19(23-24-20)16-6-7-16)26-12-10-25(11-13-26)15-18-8-9-21(28-18)17-4-2-1-3-5-17/h1-5,8-9,16,19-20,23-24H,6-7,10-15H2. The number of hydrogen-bond acceptors (Lipinski definition) is 5. The number of carbonyl (C=O) groups is 1. The van der Waals surface area contributed by atoms with Gasteiger partial charge in [0, 0.05) is 48.5 Å². The van der Waals surface area contributed by atoms with Crippen molar-refractivity contribution < 1.29 is 4.79 Å². The van der Waals surface area contributed by atoms with Crippen LogP contribution in [0.3, 0.4) is 0 Å². The molecule has 3 fully saturated rings. The molecule has 1 amide bonds. The van der Waals surface area contributed by atoms with Crippen molar-refractivity contribution in [1.82, 2.24) is 20.7 Å². The van der Waals surface area contributed by atoms with Crippen molar-refractivity contribution >= 4 is 17.2 Å². The van der Waals surface area contributed by atoms with Crippen molar-refractivity contribution in [1.29, 1.82) is 0 Å². The first-order valence-electron chi connectivity index (χ1n) is 10.4. The molecule has 148 valence electrons. The van der Waals surface area contributed by atoms with Gasteiger partial charge in [0.25, 0.3) is 0 Å². The molecule has 3 heterocycles. The molecule has 1 aromatic heterocycles. The third-order valence-corrected chi connectivity index (χ3v) is 7.32. The molecule has 0 bridgehead atoms. The highest BCUT2D eigenvalue weighted by Gasteiger charge is 2.40. The van der Waals surface area contributed by atoms with Crippen LogP contribution in [0, 0.1) is 5.92 Å². The van der Waals surface area contributed by atoms with Crippen LogP contribution >= 0.6 is 11.3 Å². The lowest BCUT2D eigenvalue weighted by Crippen LogP contribution is -2.53. The van der Waals surface area contributed by atoms with E-state index in [2.05, 4.69) is 63.1 Å². The number of amides is 1. The molecular formula is C22H28N4OS. The Kier molecular flexibility index (Phi) is 5.20. The van der Waals surface area contributed by atoms with Crippen molar-refractivity contribution in [3.8, 4) is 10.4 Å². The second kappa shape index (κ2) is 7.95. The van der Waals surface area contributed by atoms with Crippen LogP contribution in [0.15, 0.2) is 42.5 Å². The van der Waals surface area contributed by atoms with Gasteiger partial charge in [-0.2, -0.15) is 0 Å². The van der Waals surface area contributed by atoms with Gasteiger partial charge in [0.05, 0.1) is 0 Å². The Hall–Kier alpha value is -1.73. The van der Waals surface area contributed by atoms with Crippen LogP contribution in [0.5, 0.6) is 0 Å². The summed E-state index contributed by atoms with van der Waals surface area (Å²) in [6.07, 6.45) is 3.57. The lowest BCUT2D eigenvalue weighted by Gasteiger charge is -2.35. The van der Waals surface area contributed by atoms with Crippen molar-refractivity contribution in [2.45, 2.75) is 37.9 Å². The van der Waals surface area contributed by atoms with E-state index in [4.69, 9.17) is 0 Å². The molecule has 28 heavy (non-hydrogen) atoms. The molecule has 1 aliphatic carbocycles. The van der Waals surface area contributed by atoms with Crippen molar-refractivity contribution in [2.75, 3.05) is 26.2 Å². The topological polar surface area (TPSA) is 47.6 Å². The van der Waals surface area contributed by atoms with Crippen LogP contribution < -0.4 is 10.9 Å².